The van der Waals surface area contributed by atoms with E-state index in [0.717, 1.165) is 12.8 Å². The van der Waals surface area contributed by atoms with Crippen molar-refractivity contribution in [2.75, 3.05) is 7.05 Å². The first-order chi connectivity index (χ1) is 6.93. The molecule has 0 radical (unpaired) electrons. The average Bonchev–Trinajstić information content (AvgIpc) is 2.94. The standard InChI is InChI=1S/C10H18N2O3/c1-6(2)8(9(13)14)11-10(15)12(3)7-4-5-7/h6-8H,4-5H2,1-3H3,(H,11,15)(H,13,14)/t8-/m1/s1. The molecule has 86 valence electrons. The lowest BCUT2D eigenvalue weighted by Crippen LogP contribution is -2.49. The van der Waals surface area contributed by atoms with Gasteiger partial charge in [0.2, 0.25) is 0 Å². The molecule has 1 fully saturated rings. The number of carbonyl (C=O) groups is 2. The first-order valence-corrected chi connectivity index (χ1v) is 5.19. The van der Waals surface area contributed by atoms with Crippen LogP contribution in [0.4, 0.5) is 4.79 Å². The van der Waals surface area contributed by atoms with Crippen molar-refractivity contribution in [3.63, 3.8) is 0 Å². The second kappa shape index (κ2) is 4.51. The highest BCUT2D eigenvalue weighted by Crippen LogP contribution is 2.25. The summed E-state index contributed by atoms with van der Waals surface area (Å²) in [5.74, 6) is -1.10. The number of nitrogens with zero attached hydrogens (tertiary/aromatic N) is 1. The molecule has 2 amide bonds. The molecule has 2 N–H and O–H groups in total. The molecule has 15 heavy (non-hydrogen) atoms. The molecule has 0 saturated heterocycles. The number of amides is 2. The van der Waals surface area contributed by atoms with E-state index >= 15 is 0 Å². The molecule has 0 aromatic carbocycles. The van der Waals surface area contributed by atoms with Gasteiger partial charge in [0.25, 0.3) is 0 Å². The quantitative estimate of drug-likeness (QED) is 0.730. The van der Waals surface area contributed by atoms with Gasteiger partial charge in [0.1, 0.15) is 6.04 Å². The lowest BCUT2D eigenvalue weighted by Gasteiger charge is -2.23. The molecule has 1 aliphatic carbocycles. The maximum atomic E-state index is 11.6. The van der Waals surface area contributed by atoms with Crippen LogP contribution >= 0.6 is 0 Å². The van der Waals surface area contributed by atoms with Crippen LogP contribution in [-0.4, -0.2) is 41.1 Å². The normalized spacial score (nSPS) is 17.3. The maximum Gasteiger partial charge on any atom is 0.326 e. The van der Waals surface area contributed by atoms with E-state index in [1.54, 1.807) is 25.8 Å². The molecule has 0 heterocycles. The Labute approximate surface area is 89.4 Å². The van der Waals surface area contributed by atoms with E-state index in [4.69, 9.17) is 5.11 Å². The van der Waals surface area contributed by atoms with E-state index in [1.165, 1.54) is 0 Å². The molecule has 0 spiro atoms. The van der Waals surface area contributed by atoms with Crippen molar-refractivity contribution in [2.24, 2.45) is 5.92 Å². The van der Waals surface area contributed by atoms with Crippen molar-refractivity contribution < 1.29 is 14.7 Å². The Balaban J connectivity index is 2.49. The Bertz CT molecular complexity index is 261. The number of carbonyl (C=O) groups excluding carboxylic acids is 1. The van der Waals surface area contributed by atoms with E-state index in [-0.39, 0.29) is 11.9 Å². The fourth-order valence-electron chi connectivity index (χ4n) is 1.38. The third kappa shape index (κ3) is 3.11. The maximum absolute atomic E-state index is 11.6. The second-order valence-corrected chi connectivity index (χ2v) is 4.35. The monoisotopic (exact) mass is 214 g/mol. The van der Waals surface area contributed by atoms with E-state index in [9.17, 15) is 9.59 Å². The number of carboxylic acids is 1. The summed E-state index contributed by atoms with van der Waals surface area (Å²) in [7, 11) is 1.70. The molecule has 1 rings (SSSR count). The summed E-state index contributed by atoms with van der Waals surface area (Å²) < 4.78 is 0. The van der Waals surface area contributed by atoms with E-state index < -0.39 is 12.0 Å². The summed E-state index contributed by atoms with van der Waals surface area (Å²) in [6.45, 7) is 3.55. The van der Waals surface area contributed by atoms with Gasteiger partial charge in [0.15, 0.2) is 0 Å². The second-order valence-electron chi connectivity index (χ2n) is 4.35. The molecular formula is C10H18N2O3. The highest BCUT2D eigenvalue weighted by Gasteiger charge is 2.32. The minimum absolute atomic E-state index is 0.112. The largest absolute Gasteiger partial charge is 0.480 e. The fourth-order valence-corrected chi connectivity index (χ4v) is 1.38. The van der Waals surface area contributed by atoms with Crippen molar-refractivity contribution >= 4 is 12.0 Å². The molecule has 5 nitrogen and oxygen atoms in total. The topological polar surface area (TPSA) is 69.6 Å². The predicted molar refractivity (Wildman–Crippen MR) is 55.6 cm³/mol. The SMILES string of the molecule is CC(C)[C@@H](NC(=O)N(C)C1CC1)C(=O)O. The van der Waals surface area contributed by atoms with Gasteiger partial charge in [0.05, 0.1) is 0 Å². The van der Waals surface area contributed by atoms with Gasteiger partial charge in [0, 0.05) is 13.1 Å². The Morgan fingerprint density at radius 2 is 1.93 bits per heavy atom. The van der Waals surface area contributed by atoms with Crippen molar-refractivity contribution in [2.45, 2.75) is 38.8 Å². The number of nitrogens with one attached hydrogen (secondary N) is 1. The van der Waals surface area contributed by atoms with Crippen LogP contribution in [0, 0.1) is 5.92 Å². The van der Waals surface area contributed by atoms with E-state index in [0.29, 0.717) is 6.04 Å². The van der Waals surface area contributed by atoms with Gasteiger partial charge >= 0.3 is 12.0 Å². The molecule has 0 unspecified atom stereocenters. The third-order valence-electron chi connectivity index (χ3n) is 2.63. The molecule has 1 aliphatic rings. The highest BCUT2D eigenvalue weighted by molar-refractivity contribution is 5.82. The zero-order valence-corrected chi connectivity index (χ0v) is 9.36. The molecule has 0 aromatic heterocycles. The Kier molecular flexibility index (Phi) is 3.55. The number of carboxylic acid groups (broad SMARTS) is 1. The Hall–Kier alpha value is -1.26. The summed E-state index contributed by atoms with van der Waals surface area (Å²) in [5, 5.41) is 11.4. The molecule has 0 aliphatic heterocycles. The lowest BCUT2D eigenvalue weighted by molar-refractivity contribution is -0.140. The van der Waals surface area contributed by atoms with Gasteiger partial charge in [-0.3, -0.25) is 0 Å². The van der Waals surface area contributed by atoms with Crippen LogP contribution in [0.3, 0.4) is 0 Å². The molecular weight excluding hydrogens is 196 g/mol. The molecule has 1 atom stereocenters. The third-order valence-corrected chi connectivity index (χ3v) is 2.63. The van der Waals surface area contributed by atoms with Crippen LogP contribution in [0.25, 0.3) is 0 Å². The minimum atomic E-state index is -0.984. The highest BCUT2D eigenvalue weighted by atomic mass is 16.4. The van der Waals surface area contributed by atoms with Crippen LogP contribution < -0.4 is 5.32 Å². The molecule has 0 bridgehead atoms. The first kappa shape index (κ1) is 11.8. The van der Waals surface area contributed by atoms with Gasteiger partial charge in [-0.25, -0.2) is 9.59 Å². The Morgan fingerprint density at radius 3 is 2.27 bits per heavy atom. The van der Waals surface area contributed by atoms with Gasteiger partial charge in [-0.1, -0.05) is 13.8 Å². The molecule has 1 saturated carbocycles. The van der Waals surface area contributed by atoms with Crippen LogP contribution in [-0.2, 0) is 4.79 Å². The zero-order chi connectivity index (χ0) is 11.6. The summed E-state index contributed by atoms with van der Waals surface area (Å²) in [6.07, 6.45) is 2.03. The number of rotatable bonds is 4. The number of hydrogen-bond acceptors (Lipinski definition) is 2. The number of urea groups is 1. The number of hydrogen-bond donors (Lipinski definition) is 2. The lowest BCUT2D eigenvalue weighted by atomic mass is 10.1. The van der Waals surface area contributed by atoms with Gasteiger partial charge in [-0.15, -0.1) is 0 Å². The first-order valence-electron chi connectivity index (χ1n) is 5.19. The van der Waals surface area contributed by atoms with E-state index in [1.807, 2.05) is 0 Å². The summed E-state index contributed by atoms with van der Waals surface area (Å²) >= 11 is 0. The van der Waals surface area contributed by atoms with Crippen molar-refractivity contribution in [1.82, 2.24) is 10.2 Å². The average molecular weight is 214 g/mol. The molecule has 5 heteroatoms. The van der Waals surface area contributed by atoms with Crippen LogP contribution in [0.5, 0.6) is 0 Å². The fraction of sp³-hybridized carbons (Fsp3) is 0.800. The smallest absolute Gasteiger partial charge is 0.326 e. The summed E-state index contributed by atoms with van der Waals surface area (Å²) in [6, 6.07) is -0.802. The predicted octanol–water partition coefficient (Wildman–Crippen LogP) is 0.899. The zero-order valence-electron chi connectivity index (χ0n) is 9.36. The van der Waals surface area contributed by atoms with Gasteiger partial charge in [-0.05, 0) is 18.8 Å². The van der Waals surface area contributed by atoms with Crippen LogP contribution in [0.1, 0.15) is 26.7 Å². The minimum Gasteiger partial charge on any atom is -0.480 e. The van der Waals surface area contributed by atoms with Crippen molar-refractivity contribution in [3.05, 3.63) is 0 Å². The molecule has 0 aromatic rings. The van der Waals surface area contributed by atoms with Crippen LogP contribution in [0.2, 0.25) is 0 Å². The summed E-state index contributed by atoms with van der Waals surface area (Å²) in [5.41, 5.74) is 0. The van der Waals surface area contributed by atoms with Gasteiger partial charge in [-0.2, -0.15) is 0 Å². The number of aliphatic carboxylic acids is 1. The Morgan fingerprint density at radius 1 is 1.40 bits per heavy atom. The van der Waals surface area contributed by atoms with Crippen molar-refractivity contribution in [1.29, 1.82) is 0 Å². The van der Waals surface area contributed by atoms with Crippen LogP contribution in [0.15, 0.2) is 0 Å². The van der Waals surface area contributed by atoms with E-state index in [2.05, 4.69) is 5.32 Å². The van der Waals surface area contributed by atoms with Crippen molar-refractivity contribution in [3.8, 4) is 0 Å². The summed E-state index contributed by atoms with van der Waals surface area (Å²) in [4.78, 5) is 24.0. The van der Waals surface area contributed by atoms with Gasteiger partial charge < -0.3 is 15.3 Å².